The normalized spacial score (nSPS) is 26.7. The molecule has 5 atom stereocenters. The van der Waals surface area contributed by atoms with Crippen LogP contribution in [0.15, 0.2) is 48.8 Å². The number of carbonyl (C=O) groups excluding carboxylic acids is 1. The maximum atomic E-state index is 14.2. The molecule has 5 rings (SSSR count). The maximum Gasteiger partial charge on any atom is 0.459 e. The van der Waals surface area contributed by atoms with E-state index < -0.39 is 55.9 Å². The van der Waals surface area contributed by atoms with E-state index in [1.165, 1.54) is 10.8 Å². The Morgan fingerprint density at radius 2 is 2.02 bits per heavy atom. The van der Waals surface area contributed by atoms with E-state index in [1.54, 1.807) is 56.3 Å². The van der Waals surface area contributed by atoms with Gasteiger partial charge < -0.3 is 29.9 Å². The van der Waals surface area contributed by atoms with Gasteiger partial charge in [0.15, 0.2) is 5.82 Å². The Morgan fingerprint density at radius 3 is 2.66 bits per heavy atom. The molecule has 14 nitrogen and oxygen atoms in total. The van der Waals surface area contributed by atoms with E-state index in [9.17, 15) is 24.8 Å². The van der Waals surface area contributed by atoms with Gasteiger partial charge in [-0.2, -0.15) is 15.4 Å². The monoisotopic (exact) mass is 586 g/mol. The highest BCUT2D eigenvalue weighted by atomic mass is 31.2. The van der Waals surface area contributed by atoms with Crippen LogP contribution in [0.1, 0.15) is 44.9 Å². The van der Waals surface area contributed by atoms with E-state index >= 15 is 0 Å². The molecule has 1 aliphatic heterocycles. The standard InChI is InChI=1S/C26H31N6O8P/c1-16(2)38-24(35)25(11-6-12-25)31-41(36,40-17-7-4-3-5-8-17)37-14-26(13-27)22(34)20(33)21(39-26)18-9-10-19-23(28)29-15-30-32(18)19/h3-5,7-10,15-16,20-22,33-34H,6,11-12,14H2,1-2H3,(H,31,36)(H2,28,29,30)/t20-,21-,22-,26+,41?/m0/s1. The molecule has 41 heavy (non-hydrogen) atoms. The van der Waals surface area contributed by atoms with Crippen LogP contribution in [0.25, 0.3) is 5.52 Å². The summed E-state index contributed by atoms with van der Waals surface area (Å²) in [5.74, 6) is -0.257. The zero-order chi connectivity index (χ0) is 29.4. The van der Waals surface area contributed by atoms with Gasteiger partial charge in [-0.1, -0.05) is 18.2 Å². The van der Waals surface area contributed by atoms with Crippen molar-refractivity contribution >= 4 is 25.1 Å². The highest BCUT2D eigenvalue weighted by molar-refractivity contribution is 7.52. The van der Waals surface area contributed by atoms with E-state index in [1.807, 2.05) is 6.07 Å². The zero-order valence-electron chi connectivity index (χ0n) is 22.4. The van der Waals surface area contributed by atoms with Crippen LogP contribution in [0.5, 0.6) is 5.75 Å². The molecule has 1 saturated carbocycles. The second kappa shape index (κ2) is 11.0. The van der Waals surface area contributed by atoms with Crippen LogP contribution in [0.3, 0.4) is 0 Å². The topological polar surface area (TPSA) is 204 Å². The summed E-state index contributed by atoms with van der Waals surface area (Å²) in [6.07, 6.45) is -2.49. The van der Waals surface area contributed by atoms with Gasteiger partial charge in [-0.15, -0.1) is 0 Å². The van der Waals surface area contributed by atoms with Gasteiger partial charge in [-0.25, -0.2) is 14.1 Å². The van der Waals surface area contributed by atoms with Gasteiger partial charge in [0.2, 0.25) is 5.60 Å². The number of para-hydroxylation sites is 1. The third-order valence-corrected chi connectivity index (χ3v) is 8.77. The van der Waals surface area contributed by atoms with Gasteiger partial charge in [-0.3, -0.25) is 9.32 Å². The third kappa shape index (κ3) is 5.40. The fraction of sp³-hybridized carbons (Fsp3) is 0.462. The molecule has 218 valence electrons. The van der Waals surface area contributed by atoms with E-state index in [2.05, 4.69) is 15.2 Å². The Hall–Kier alpha value is -3.57. The summed E-state index contributed by atoms with van der Waals surface area (Å²) in [6.45, 7) is 2.62. The predicted octanol–water partition coefficient (Wildman–Crippen LogP) is 2.03. The van der Waals surface area contributed by atoms with Crippen molar-refractivity contribution in [1.29, 1.82) is 5.26 Å². The Kier molecular flexibility index (Phi) is 7.78. The number of rotatable bonds is 10. The van der Waals surface area contributed by atoms with E-state index in [-0.39, 0.29) is 11.6 Å². The summed E-state index contributed by atoms with van der Waals surface area (Å²) in [7, 11) is -4.42. The number of nitrogens with two attached hydrogens (primary N) is 1. The first-order valence-corrected chi connectivity index (χ1v) is 14.6. The van der Waals surface area contributed by atoms with E-state index in [0.29, 0.717) is 30.5 Å². The number of anilines is 1. The highest BCUT2D eigenvalue weighted by Crippen LogP contribution is 2.52. The van der Waals surface area contributed by atoms with Crippen molar-refractivity contribution < 1.29 is 38.1 Å². The smallest absolute Gasteiger partial charge is 0.459 e. The minimum Gasteiger partial charge on any atom is -0.462 e. The van der Waals surface area contributed by atoms with Crippen LogP contribution < -0.4 is 15.3 Å². The molecule has 1 saturated heterocycles. The van der Waals surface area contributed by atoms with Crippen molar-refractivity contribution in [3.63, 3.8) is 0 Å². The van der Waals surface area contributed by atoms with Crippen molar-refractivity contribution in [3.05, 3.63) is 54.5 Å². The molecule has 3 aromatic rings. The van der Waals surface area contributed by atoms with Crippen LogP contribution in [0, 0.1) is 11.3 Å². The first-order valence-electron chi connectivity index (χ1n) is 13.0. The van der Waals surface area contributed by atoms with Crippen LogP contribution in [-0.4, -0.2) is 66.8 Å². The maximum absolute atomic E-state index is 14.2. The molecule has 0 bridgehead atoms. The summed E-state index contributed by atoms with van der Waals surface area (Å²) in [4.78, 5) is 16.9. The first kappa shape index (κ1) is 28.9. The van der Waals surface area contributed by atoms with Gasteiger partial charge in [0.25, 0.3) is 0 Å². The molecule has 1 unspecified atom stereocenters. The van der Waals surface area contributed by atoms with Gasteiger partial charge in [-0.05, 0) is 57.4 Å². The van der Waals surface area contributed by atoms with Crippen molar-refractivity contribution in [2.75, 3.05) is 12.3 Å². The van der Waals surface area contributed by atoms with Crippen LogP contribution in [0.2, 0.25) is 0 Å². The molecule has 3 heterocycles. The van der Waals surface area contributed by atoms with Crippen LogP contribution in [0.4, 0.5) is 5.82 Å². The fourth-order valence-corrected chi connectivity index (χ4v) is 6.60. The number of nitrogens with one attached hydrogen (secondary N) is 1. The molecule has 15 heteroatoms. The Bertz CT molecular complexity index is 1510. The first-order chi connectivity index (χ1) is 19.5. The number of aliphatic hydroxyl groups is 2. The lowest BCUT2D eigenvalue weighted by molar-refractivity contribution is -0.158. The summed E-state index contributed by atoms with van der Waals surface area (Å²) in [5.41, 5.74) is 3.12. The van der Waals surface area contributed by atoms with Crippen molar-refractivity contribution in [1.82, 2.24) is 19.7 Å². The van der Waals surface area contributed by atoms with Crippen molar-refractivity contribution in [2.45, 2.75) is 68.7 Å². The largest absolute Gasteiger partial charge is 0.462 e. The summed E-state index contributed by atoms with van der Waals surface area (Å²) < 4.78 is 38.4. The SMILES string of the molecule is CC(C)OC(=O)C1(NP(=O)(OC[C@@]2(C#N)O[C@@H](c3ccc4c(N)ncnn34)[C@H](O)[C@@H]2O)Oc2ccccc2)CCC1. The number of nitrogens with zero attached hydrogens (tertiary/aromatic N) is 4. The average Bonchev–Trinajstić information content (AvgIpc) is 3.46. The number of esters is 1. The summed E-state index contributed by atoms with van der Waals surface area (Å²) in [5, 5.41) is 38.9. The van der Waals surface area contributed by atoms with Crippen molar-refractivity contribution in [3.8, 4) is 11.8 Å². The zero-order valence-corrected chi connectivity index (χ0v) is 23.3. The number of aromatic nitrogens is 3. The number of hydrogen-bond donors (Lipinski definition) is 4. The van der Waals surface area contributed by atoms with Gasteiger partial charge in [0.1, 0.15) is 54.1 Å². The molecule has 0 amide bonds. The summed E-state index contributed by atoms with van der Waals surface area (Å²) in [6, 6.07) is 13.2. The number of nitriles is 1. The number of carbonyl (C=O) groups is 1. The van der Waals surface area contributed by atoms with Gasteiger partial charge in [0, 0.05) is 0 Å². The van der Waals surface area contributed by atoms with E-state index in [4.69, 9.17) is 24.3 Å². The molecular formula is C26H31N6O8P. The van der Waals surface area contributed by atoms with Crippen LogP contribution >= 0.6 is 7.75 Å². The second-order valence-electron chi connectivity index (χ2n) is 10.4. The lowest BCUT2D eigenvalue weighted by atomic mass is 9.78. The lowest BCUT2D eigenvalue weighted by Gasteiger charge is -2.41. The highest BCUT2D eigenvalue weighted by Gasteiger charge is 2.58. The molecule has 2 fully saturated rings. The number of aliphatic hydroxyl groups excluding tert-OH is 2. The Labute approximate surface area is 235 Å². The number of nitrogen functional groups attached to an aromatic ring is 1. The Morgan fingerprint density at radius 1 is 1.29 bits per heavy atom. The predicted molar refractivity (Wildman–Crippen MR) is 143 cm³/mol. The molecule has 5 N–H and O–H groups in total. The van der Waals surface area contributed by atoms with Gasteiger partial charge >= 0.3 is 13.7 Å². The molecule has 1 aromatic carbocycles. The Balaban J connectivity index is 1.42. The van der Waals surface area contributed by atoms with Gasteiger partial charge in [0.05, 0.1) is 11.8 Å². The molecule has 1 aliphatic carbocycles. The number of benzene rings is 1. The molecule has 0 radical (unpaired) electrons. The van der Waals surface area contributed by atoms with Crippen molar-refractivity contribution in [2.24, 2.45) is 0 Å². The molecule has 2 aliphatic rings. The van der Waals surface area contributed by atoms with Crippen LogP contribution in [-0.2, 0) is 23.4 Å². The molecule has 0 spiro atoms. The van der Waals surface area contributed by atoms with E-state index in [0.717, 1.165) is 0 Å². The summed E-state index contributed by atoms with van der Waals surface area (Å²) >= 11 is 0. The molecule has 2 aromatic heterocycles. The number of ether oxygens (including phenoxy) is 2. The third-order valence-electron chi connectivity index (χ3n) is 7.15. The minimum absolute atomic E-state index is 0.170. The average molecular weight is 587 g/mol. The quantitative estimate of drug-likeness (QED) is 0.199. The minimum atomic E-state index is -4.42. The fourth-order valence-electron chi connectivity index (χ4n) is 4.84. The molecular weight excluding hydrogens is 555 g/mol. The second-order valence-corrected chi connectivity index (χ2v) is 12.0. The lowest BCUT2D eigenvalue weighted by Crippen LogP contribution is -2.57. The number of fused-ring (bicyclic) bond motifs is 1. The number of hydrogen-bond acceptors (Lipinski definition) is 12.